The van der Waals surface area contributed by atoms with Crippen LogP contribution >= 0.6 is 11.3 Å². The van der Waals surface area contributed by atoms with E-state index < -0.39 is 9.84 Å². The molecule has 0 bridgehead atoms. The lowest BCUT2D eigenvalue weighted by Crippen LogP contribution is -2.23. The largest absolute Gasteiger partial charge is 0.347 e. The zero-order valence-electron chi connectivity index (χ0n) is 16.1. The lowest BCUT2D eigenvalue weighted by atomic mass is 10.1. The molecule has 29 heavy (non-hydrogen) atoms. The Bertz CT molecular complexity index is 1190. The van der Waals surface area contributed by atoms with E-state index in [0.29, 0.717) is 35.8 Å². The van der Waals surface area contributed by atoms with Gasteiger partial charge in [0.15, 0.2) is 15.5 Å². The Labute approximate surface area is 173 Å². The molecule has 0 spiro atoms. The summed E-state index contributed by atoms with van der Waals surface area (Å²) in [5.74, 6) is 0.487. The summed E-state index contributed by atoms with van der Waals surface area (Å²) in [6, 6.07) is 5.63. The Hall–Kier alpha value is -2.26. The Morgan fingerprint density at radius 3 is 2.83 bits per heavy atom. The van der Waals surface area contributed by atoms with Gasteiger partial charge in [-0.15, -0.1) is 11.3 Å². The number of sulfone groups is 1. The fourth-order valence-corrected chi connectivity index (χ4v) is 6.33. The van der Waals surface area contributed by atoms with Crippen LogP contribution < -0.4 is 5.32 Å². The van der Waals surface area contributed by atoms with Crippen LogP contribution in [0.3, 0.4) is 0 Å². The van der Waals surface area contributed by atoms with E-state index in [2.05, 4.69) is 10.4 Å². The van der Waals surface area contributed by atoms with Crippen molar-refractivity contribution in [1.82, 2.24) is 20.1 Å². The minimum atomic E-state index is -3.04. The van der Waals surface area contributed by atoms with Crippen molar-refractivity contribution in [2.24, 2.45) is 0 Å². The summed E-state index contributed by atoms with van der Waals surface area (Å²) in [4.78, 5) is 19.0. The molecule has 2 fully saturated rings. The van der Waals surface area contributed by atoms with E-state index in [1.165, 1.54) is 0 Å². The second-order valence-electron chi connectivity index (χ2n) is 7.92. The summed E-state index contributed by atoms with van der Waals surface area (Å²) in [5, 5.41) is 10.3. The molecule has 0 aromatic carbocycles. The molecule has 2 aliphatic rings. The van der Waals surface area contributed by atoms with Gasteiger partial charge in [-0.05, 0) is 43.7 Å². The minimum absolute atomic E-state index is 0.0818. The standard InChI is InChI=1S/C20H22N4O3S2/c1-12-18-16(20(25)21-10-15-3-2-7-28-15)9-17(13-4-5-13)22-19(18)24(23-12)14-6-8-29(26,27)11-14/h2-3,7,9,13-14H,4-6,8,10-11H2,1H3,(H,21,25). The molecular formula is C20H22N4O3S2. The maximum Gasteiger partial charge on any atom is 0.252 e. The number of fused-ring (bicyclic) bond motifs is 1. The number of hydrogen-bond donors (Lipinski definition) is 1. The van der Waals surface area contributed by atoms with E-state index in [0.717, 1.165) is 28.8 Å². The van der Waals surface area contributed by atoms with E-state index in [9.17, 15) is 13.2 Å². The van der Waals surface area contributed by atoms with Gasteiger partial charge in [-0.2, -0.15) is 5.10 Å². The number of pyridine rings is 1. The van der Waals surface area contributed by atoms with Crippen LogP contribution in [-0.2, 0) is 16.4 Å². The number of amides is 1. The molecule has 1 aliphatic carbocycles. The number of thiophene rings is 1. The van der Waals surface area contributed by atoms with Gasteiger partial charge in [-0.25, -0.2) is 18.1 Å². The highest BCUT2D eigenvalue weighted by Gasteiger charge is 2.34. The first-order valence-corrected chi connectivity index (χ1v) is 12.5. The summed E-state index contributed by atoms with van der Waals surface area (Å²) >= 11 is 1.61. The predicted molar refractivity (Wildman–Crippen MR) is 112 cm³/mol. The van der Waals surface area contributed by atoms with Gasteiger partial charge in [0.25, 0.3) is 5.91 Å². The first kappa shape index (κ1) is 18.7. The monoisotopic (exact) mass is 430 g/mol. The zero-order chi connectivity index (χ0) is 20.2. The number of aryl methyl sites for hydroxylation is 1. The highest BCUT2D eigenvalue weighted by atomic mass is 32.2. The van der Waals surface area contributed by atoms with Gasteiger partial charge in [-0.3, -0.25) is 4.79 Å². The molecule has 1 aliphatic heterocycles. The fourth-order valence-electron chi connectivity index (χ4n) is 4.00. The van der Waals surface area contributed by atoms with Crippen molar-refractivity contribution < 1.29 is 13.2 Å². The lowest BCUT2D eigenvalue weighted by molar-refractivity contribution is 0.0952. The van der Waals surface area contributed by atoms with Crippen LogP contribution in [0.1, 0.15) is 57.8 Å². The van der Waals surface area contributed by atoms with Gasteiger partial charge in [0.1, 0.15) is 0 Å². The van der Waals surface area contributed by atoms with E-state index in [4.69, 9.17) is 4.98 Å². The van der Waals surface area contributed by atoms with Crippen molar-refractivity contribution in [3.05, 3.63) is 45.4 Å². The second-order valence-corrected chi connectivity index (χ2v) is 11.2. The SMILES string of the molecule is Cc1nn(C2CCS(=O)(=O)C2)c2nc(C3CC3)cc(C(=O)NCc3cccs3)c12. The summed E-state index contributed by atoms with van der Waals surface area (Å²) in [7, 11) is -3.04. The Kier molecular flexibility index (Phi) is 4.47. The Morgan fingerprint density at radius 1 is 1.34 bits per heavy atom. The van der Waals surface area contributed by atoms with Gasteiger partial charge >= 0.3 is 0 Å². The van der Waals surface area contributed by atoms with E-state index in [1.807, 2.05) is 30.5 Å². The van der Waals surface area contributed by atoms with Gasteiger partial charge < -0.3 is 5.32 Å². The Balaban J connectivity index is 1.57. The average molecular weight is 431 g/mol. The number of rotatable bonds is 5. The van der Waals surface area contributed by atoms with Crippen molar-refractivity contribution >= 4 is 38.1 Å². The van der Waals surface area contributed by atoms with Crippen LogP contribution in [0.15, 0.2) is 23.6 Å². The van der Waals surface area contributed by atoms with Crippen LogP contribution in [0, 0.1) is 6.92 Å². The van der Waals surface area contributed by atoms with Crippen LogP contribution in [0.5, 0.6) is 0 Å². The fraction of sp³-hybridized carbons (Fsp3) is 0.450. The minimum Gasteiger partial charge on any atom is -0.347 e. The summed E-state index contributed by atoms with van der Waals surface area (Å²) in [6.45, 7) is 2.34. The predicted octanol–water partition coefficient (Wildman–Crippen LogP) is 2.97. The van der Waals surface area contributed by atoms with Crippen LogP contribution in [-0.4, -0.2) is 40.6 Å². The molecule has 4 heterocycles. The molecule has 7 nitrogen and oxygen atoms in total. The van der Waals surface area contributed by atoms with Gasteiger partial charge in [0.2, 0.25) is 0 Å². The number of nitrogens with one attached hydrogen (secondary N) is 1. The third-order valence-electron chi connectivity index (χ3n) is 5.65. The molecule has 1 saturated carbocycles. The summed E-state index contributed by atoms with van der Waals surface area (Å²) in [6.07, 6.45) is 2.67. The van der Waals surface area contributed by atoms with E-state index >= 15 is 0 Å². The molecule has 1 atom stereocenters. The van der Waals surface area contributed by atoms with Crippen molar-refractivity contribution in [2.75, 3.05) is 11.5 Å². The third kappa shape index (κ3) is 3.57. The molecule has 152 valence electrons. The van der Waals surface area contributed by atoms with Gasteiger partial charge in [0.05, 0.1) is 40.7 Å². The smallest absolute Gasteiger partial charge is 0.252 e. The molecule has 1 amide bonds. The Morgan fingerprint density at radius 2 is 2.17 bits per heavy atom. The number of nitrogens with zero attached hydrogens (tertiary/aromatic N) is 3. The van der Waals surface area contributed by atoms with Gasteiger partial charge in [0, 0.05) is 16.5 Å². The summed E-state index contributed by atoms with van der Waals surface area (Å²) in [5.41, 5.74) is 2.83. The molecule has 0 radical (unpaired) electrons. The quantitative estimate of drug-likeness (QED) is 0.672. The maximum atomic E-state index is 13.1. The number of hydrogen-bond acceptors (Lipinski definition) is 6. The molecule has 3 aromatic rings. The first-order valence-electron chi connectivity index (χ1n) is 9.82. The normalized spacial score (nSPS) is 20.9. The van der Waals surface area contributed by atoms with Gasteiger partial charge in [-0.1, -0.05) is 6.07 Å². The second kappa shape index (κ2) is 6.91. The molecule has 1 N–H and O–H groups in total. The molecule has 5 rings (SSSR count). The summed E-state index contributed by atoms with van der Waals surface area (Å²) < 4.78 is 25.7. The average Bonchev–Trinajstić information content (AvgIpc) is 3.13. The third-order valence-corrected chi connectivity index (χ3v) is 8.28. The van der Waals surface area contributed by atoms with E-state index in [1.54, 1.807) is 16.0 Å². The highest BCUT2D eigenvalue weighted by molar-refractivity contribution is 7.91. The maximum absolute atomic E-state index is 13.1. The zero-order valence-corrected chi connectivity index (χ0v) is 17.7. The highest BCUT2D eigenvalue weighted by Crippen LogP contribution is 2.41. The number of carbonyl (C=O) groups excluding carboxylic acids is 1. The molecular weight excluding hydrogens is 408 g/mol. The molecule has 3 aromatic heterocycles. The molecule has 1 unspecified atom stereocenters. The van der Waals surface area contributed by atoms with Crippen LogP contribution in [0.4, 0.5) is 0 Å². The number of aromatic nitrogens is 3. The van der Waals surface area contributed by atoms with Crippen molar-refractivity contribution in [2.45, 2.75) is 44.7 Å². The van der Waals surface area contributed by atoms with Crippen LogP contribution in [0.2, 0.25) is 0 Å². The first-order chi connectivity index (χ1) is 13.9. The number of carbonyl (C=O) groups is 1. The van der Waals surface area contributed by atoms with E-state index in [-0.39, 0.29) is 23.5 Å². The lowest BCUT2D eigenvalue weighted by Gasteiger charge is -2.12. The molecule has 1 saturated heterocycles. The van der Waals surface area contributed by atoms with Crippen molar-refractivity contribution in [1.29, 1.82) is 0 Å². The topological polar surface area (TPSA) is 93.9 Å². The molecule has 9 heteroatoms. The van der Waals surface area contributed by atoms with Crippen LogP contribution in [0.25, 0.3) is 11.0 Å². The van der Waals surface area contributed by atoms with Crippen molar-refractivity contribution in [3.8, 4) is 0 Å². The van der Waals surface area contributed by atoms with Crippen molar-refractivity contribution in [3.63, 3.8) is 0 Å².